The summed E-state index contributed by atoms with van der Waals surface area (Å²) >= 11 is 1.38. The number of carbonyl (C=O) groups is 1. The number of ether oxygens (including phenoxy) is 1. The fourth-order valence-corrected chi connectivity index (χ4v) is 4.03. The highest BCUT2D eigenvalue weighted by atomic mass is 32.2. The number of morpholine rings is 1. The largest absolute Gasteiger partial charge is 0.378 e. The molecule has 144 valence electrons. The molecule has 1 N–H and O–H groups in total. The van der Waals surface area contributed by atoms with E-state index in [2.05, 4.69) is 40.3 Å². The molecule has 2 aliphatic heterocycles. The van der Waals surface area contributed by atoms with Crippen LogP contribution in [0, 0.1) is 13.8 Å². The highest BCUT2D eigenvalue weighted by Crippen LogP contribution is 2.30. The number of nitrogens with zero attached hydrogens (tertiary/aromatic N) is 2. The van der Waals surface area contributed by atoms with Crippen molar-refractivity contribution in [3.63, 3.8) is 0 Å². The molecule has 0 bridgehead atoms. The Balaban J connectivity index is 1.52. The molecule has 2 fully saturated rings. The number of aryl methyl sites for hydroxylation is 2. The minimum Gasteiger partial charge on any atom is -0.378 e. The van der Waals surface area contributed by atoms with Gasteiger partial charge in [-0.3, -0.25) is 4.79 Å². The minimum absolute atomic E-state index is 0.104. The third kappa shape index (κ3) is 4.29. The van der Waals surface area contributed by atoms with Gasteiger partial charge in [0.2, 0.25) is 0 Å². The van der Waals surface area contributed by atoms with Crippen LogP contribution in [0.15, 0.2) is 52.4 Å². The number of hydrogen-bond donors (Lipinski definition) is 1. The molecule has 0 unspecified atom stereocenters. The van der Waals surface area contributed by atoms with Crippen molar-refractivity contribution in [3.05, 3.63) is 64.1 Å². The van der Waals surface area contributed by atoms with E-state index >= 15 is 0 Å². The van der Waals surface area contributed by atoms with Crippen LogP contribution in [0.3, 0.4) is 0 Å². The second-order valence-electron chi connectivity index (χ2n) is 6.96. The lowest BCUT2D eigenvalue weighted by Crippen LogP contribution is -2.36. The van der Waals surface area contributed by atoms with Crippen molar-refractivity contribution in [2.75, 3.05) is 31.2 Å². The number of rotatable bonds is 3. The molecule has 28 heavy (non-hydrogen) atoms. The normalized spacial score (nSPS) is 20.1. The van der Waals surface area contributed by atoms with E-state index in [1.807, 2.05) is 37.3 Å². The Kier molecular flexibility index (Phi) is 5.50. The summed E-state index contributed by atoms with van der Waals surface area (Å²) in [5.74, 6) is -0.104. The van der Waals surface area contributed by atoms with Crippen LogP contribution in [0.2, 0.25) is 0 Å². The standard InChI is InChI=1S/C22H23N3O2S/c1-15-3-6-18(7-4-15)23-22-24-21(26)20(28-22)14-17-5-8-19(13-16(17)2)25-9-11-27-12-10-25/h3-8,13-14H,9-12H2,1-2H3,(H,23,24,26)/b20-14-. The first-order valence-corrected chi connectivity index (χ1v) is 10.2. The average Bonchev–Trinajstić information content (AvgIpc) is 3.05. The van der Waals surface area contributed by atoms with Crippen LogP contribution in [0.25, 0.3) is 6.08 Å². The fourth-order valence-electron chi connectivity index (χ4n) is 3.20. The van der Waals surface area contributed by atoms with Crippen LogP contribution < -0.4 is 10.2 Å². The number of nitrogens with one attached hydrogen (secondary N) is 1. The van der Waals surface area contributed by atoms with E-state index in [-0.39, 0.29) is 5.91 Å². The first kappa shape index (κ1) is 18.8. The Bertz CT molecular complexity index is 945. The molecule has 2 aromatic carbocycles. The number of benzene rings is 2. The summed E-state index contributed by atoms with van der Waals surface area (Å²) in [7, 11) is 0. The Hall–Kier alpha value is -2.57. The van der Waals surface area contributed by atoms with Crippen molar-refractivity contribution in [2.24, 2.45) is 4.99 Å². The van der Waals surface area contributed by atoms with Gasteiger partial charge >= 0.3 is 0 Å². The molecule has 2 heterocycles. The summed E-state index contributed by atoms with van der Waals surface area (Å²) in [5.41, 5.74) is 5.41. The van der Waals surface area contributed by atoms with Crippen molar-refractivity contribution in [1.29, 1.82) is 0 Å². The molecule has 0 radical (unpaired) electrons. The number of thioether (sulfide) groups is 1. The summed E-state index contributed by atoms with van der Waals surface area (Å²) in [4.78, 5) is 19.9. The number of anilines is 1. The maximum Gasteiger partial charge on any atom is 0.264 e. The molecule has 2 aromatic rings. The predicted octanol–water partition coefficient (Wildman–Crippen LogP) is 4.03. The van der Waals surface area contributed by atoms with E-state index in [1.54, 1.807) is 0 Å². The summed E-state index contributed by atoms with van der Waals surface area (Å²) in [6.45, 7) is 7.48. The van der Waals surface area contributed by atoms with Gasteiger partial charge in [-0.25, -0.2) is 4.99 Å². The summed E-state index contributed by atoms with van der Waals surface area (Å²) in [6.07, 6.45) is 1.94. The molecule has 1 amide bonds. The Morgan fingerprint density at radius 3 is 2.57 bits per heavy atom. The van der Waals surface area contributed by atoms with Crippen LogP contribution in [0.1, 0.15) is 16.7 Å². The molecule has 0 aromatic heterocycles. The molecule has 0 saturated carbocycles. The topological polar surface area (TPSA) is 53.9 Å². The van der Waals surface area contributed by atoms with Gasteiger partial charge in [-0.15, -0.1) is 0 Å². The van der Waals surface area contributed by atoms with Crippen molar-refractivity contribution >= 4 is 40.3 Å². The first-order chi connectivity index (χ1) is 13.6. The molecule has 2 aliphatic rings. The molecule has 0 spiro atoms. The number of aliphatic imine (C=N–C) groups is 1. The lowest BCUT2D eigenvalue weighted by Gasteiger charge is -2.29. The maximum atomic E-state index is 12.4. The zero-order valence-electron chi connectivity index (χ0n) is 16.1. The molecule has 2 saturated heterocycles. The second kappa shape index (κ2) is 8.20. The minimum atomic E-state index is -0.104. The van der Waals surface area contributed by atoms with Gasteiger partial charge in [-0.1, -0.05) is 23.8 Å². The molecule has 0 atom stereocenters. The van der Waals surface area contributed by atoms with Gasteiger partial charge in [-0.2, -0.15) is 0 Å². The predicted molar refractivity (Wildman–Crippen MR) is 116 cm³/mol. The van der Waals surface area contributed by atoms with Crippen molar-refractivity contribution < 1.29 is 9.53 Å². The second-order valence-corrected chi connectivity index (χ2v) is 7.99. The van der Waals surface area contributed by atoms with E-state index in [1.165, 1.54) is 23.0 Å². The maximum absolute atomic E-state index is 12.4. The van der Waals surface area contributed by atoms with Gasteiger partial charge in [0.1, 0.15) is 0 Å². The van der Waals surface area contributed by atoms with E-state index in [9.17, 15) is 4.79 Å². The molecular weight excluding hydrogens is 370 g/mol. The SMILES string of the molecule is Cc1ccc(N=C2NC(=O)/C(=C/c3ccc(N4CCOCC4)cc3C)S2)cc1. The van der Waals surface area contributed by atoms with Crippen LogP contribution in [-0.2, 0) is 9.53 Å². The number of carbonyl (C=O) groups excluding carboxylic acids is 1. The highest BCUT2D eigenvalue weighted by Gasteiger charge is 2.24. The lowest BCUT2D eigenvalue weighted by atomic mass is 10.1. The van der Waals surface area contributed by atoms with E-state index in [0.717, 1.165) is 43.1 Å². The lowest BCUT2D eigenvalue weighted by molar-refractivity contribution is -0.115. The zero-order valence-corrected chi connectivity index (χ0v) is 16.9. The van der Waals surface area contributed by atoms with Crippen LogP contribution >= 0.6 is 11.8 Å². The monoisotopic (exact) mass is 393 g/mol. The van der Waals surface area contributed by atoms with Gasteiger partial charge in [0.25, 0.3) is 5.91 Å². The first-order valence-electron chi connectivity index (χ1n) is 9.38. The summed E-state index contributed by atoms with van der Waals surface area (Å²) in [5, 5.41) is 3.47. The van der Waals surface area contributed by atoms with E-state index < -0.39 is 0 Å². The van der Waals surface area contributed by atoms with Gasteiger partial charge in [0.05, 0.1) is 23.8 Å². The molecule has 4 rings (SSSR count). The molecular formula is C22H23N3O2S. The molecule has 5 nitrogen and oxygen atoms in total. The van der Waals surface area contributed by atoms with Gasteiger partial charge < -0.3 is 15.0 Å². The van der Waals surface area contributed by atoms with Crippen LogP contribution in [0.5, 0.6) is 0 Å². The van der Waals surface area contributed by atoms with Crippen molar-refractivity contribution in [3.8, 4) is 0 Å². The Morgan fingerprint density at radius 2 is 1.86 bits per heavy atom. The average molecular weight is 394 g/mol. The zero-order chi connectivity index (χ0) is 19.5. The van der Waals surface area contributed by atoms with Gasteiger partial charge in [0.15, 0.2) is 5.17 Å². The number of amides is 1. The van der Waals surface area contributed by atoms with Crippen molar-refractivity contribution in [2.45, 2.75) is 13.8 Å². The quantitative estimate of drug-likeness (QED) is 0.800. The Morgan fingerprint density at radius 1 is 1.11 bits per heavy atom. The number of amidine groups is 1. The third-order valence-electron chi connectivity index (χ3n) is 4.83. The molecule has 6 heteroatoms. The fraction of sp³-hybridized carbons (Fsp3) is 0.273. The third-order valence-corrected chi connectivity index (χ3v) is 5.74. The summed E-state index contributed by atoms with van der Waals surface area (Å²) in [6, 6.07) is 14.3. The van der Waals surface area contributed by atoms with E-state index in [4.69, 9.17) is 4.74 Å². The highest BCUT2D eigenvalue weighted by molar-refractivity contribution is 8.18. The smallest absolute Gasteiger partial charge is 0.264 e. The van der Waals surface area contributed by atoms with Gasteiger partial charge in [0, 0.05) is 18.8 Å². The van der Waals surface area contributed by atoms with Crippen LogP contribution in [-0.4, -0.2) is 37.4 Å². The van der Waals surface area contributed by atoms with Crippen molar-refractivity contribution in [1.82, 2.24) is 5.32 Å². The van der Waals surface area contributed by atoms with E-state index in [0.29, 0.717) is 10.1 Å². The number of hydrogen-bond acceptors (Lipinski definition) is 5. The Labute approximate surface area is 169 Å². The van der Waals surface area contributed by atoms with Crippen LogP contribution in [0.4, 0.5) is 11.4 Å². The van der Waals surface area contributed by atoms with Gasteiger partial charge in [-0.05, 0) is 67.1 Å². The summed E-state index contributed by atoms with van der Waals surface area (Å²) < 4.78 is 5.42. The molecule has 0 aliphatic carbocycles.